The van der Waals surface area contributed by atoms with Crippen molar-refractivity contribution in [3.05, 3.63) is 65.7 Å². The van der Waals surface area contributed by atoms with E-state index in [1.165, 1.54) is 0 Å². The predicted molar refractivity (Wildman–Crippen MR) is 124 cm³/mol. The van der Waals surface area contributed by atoms with Gasteiger partial charge in [0.1, 0.15) is 24.4 Å². The molecule has 0 spiro atoms. The molecule has 2 aromatic carbocycles. The largest absolute Gasteiger partial charge is 0.492 e. The Morgan fingerprint density at radius 2 is 1.67 bits per heavy atom. The van der Waals surface area contributed by atoms with E-state index >= 15 is 0 Å². The Bertz CT molecular complexity index is 1020. The van der Waals surface area contributed by atoms with Crippen molar-refractivity contribution in [2.75, 3.05) is 45.9 Å². The van der Waals surface area contributed by atoms with E-state index in [1.54, 1.807) is 11.8 Å². The molecule has 2 saturated heterocycles. The molecule has 2 aromatic rings. The van der Waals surface area contributed by atoms with Crippen molar-refractivity contribution in [3.8, 4) is 5.75 Å². The van der Waals surface area contributed by atoms with Crippen molar-refractivity contribution in [2.45, 2.75) is 19.4 Å². The van der Waals surface area contributed by atoms with Crippen LogP contribution in [-0.4, -0.2) is 78.4 Å². The number of hydrogen-bond acceptors (Lipinski definition) is 5. The van der Waals surface area contributed by atoms with Crippen molar-refractivity contribution < 1.29 is 19.1 Å². The standard InChI is InChI=1S/C25H30N4O4/c1-19-8-6-7-11-21(19)25(2)23(31)29(24(32)26-25)18-22(30)28-14-12-27(13-15-28)16-17-33-20-9-4-3-5-10-20/h3-11H,12-18H2,1-2H3,(H,26,32). The fraction of sp³-hybridized carbons (Fsp3) is 0.400. The van der Waals surface area contributed by atoms with Crippen LogP contribution in [0, 0.1) is 6.92 Å². The SMILES string of the molecule is Cc1ccccc1C1(C)NC(=O)N(CC(=O)N2CCN(CCOc3ccccc3)CC2)C1=O. The molecule has 8 nitrogen and oxygen atoms in total. The second-order valence-corrected chi connectivity index (χ2v) is 8.65. The lowest BCUT2D eigenvalue weighted by Gasteiger charge is -2.35. The van der Waals surface area contributed by atoms with E-state index < -0.39 is 17.5 Å². The highest BCUT2D eigenvalue weighted by Gasteiger charge is 2.50. The molecule has 2 aliphatic rings. The van der Waals surface area contributed by atoms with Gasteiger partial charge in [-0.3, -0.25) is 19.4 Å². The maximum absolute atomic E-state index is 13.1. The number of rotatable bonds is 7. The third-order valence-electron chi connectivity index (χ3n) is 6.40. The third kappa shape index (κ3) is 4.85. The highest BCUT2D eigenvalue weighted by atomic mass is 16.5. The summed E-state index contributed by atoms with van der Waals surface area (Å²) in [6, 6.07) is 16.6. The van der Waals surface area contributed by atoms with E-state index in [1.807, 2.05) is 61.5 Å². The number of amides is 4. The Hall–Kier alpha value is -3.39. The van der Waals surface area contributed by atoms with Gasteiger partial charge in [0.2, 0.25) is 5.91 Å². The molecule has 33 heavy (non-hydrogen) atoms. The fourth-order valence-electron chi connectivity index (χ4n) is 4.42. The average Bonchev–Trinajstić information content (AvgIpc) is 3.04. The van der Waals surface area contributed by atoms with Crippen molar-refractivity contribution in [1.29, 1.82) is 0 Å². The van der Waals surface area contributed by atoms with E-state index in [4.69, 9.17) is 4.74 Å². The van der Waals surface area contributed by atoms with Crippen LogP contribution < -0.4 is 10.1 Å². The Morgan fingerprint density at radius 1 is 1.00 bits per heavy atom. The van der Waals surface area contributed by atoms with Crippen LogP contribution in [0.15, 0.2) is 54.6 Å². The van der Waals surface area contributed by atoms with Gasteiger partial charge in [-0.2, -0.15) is 0 Å². The number of benzene rings is 2. The van der Waals surface area contributed by atoms with E-state index in [2.05, 4.69) is 10.2 Å². The Morgan fingerprint density at radius 3 is 2.36 bits per heavy atom. The monoisotopic (exact) mass is 450 g/mol. The molecule has 0 bridgehead atoms. The number of carbonyl (C=O) groups is 3. The molecule has 174 valence electrons. The van der Waals surface area contributed by atoms with Crippen molar-refractivity contribution in [3.63, 3.8) is 0 Å². The minimum absolute atomic E-state index is 0.215. The molecule has 0 aliphatic carbocycles. The van der Waals surface area contributed by atoms with Crippen LogP contribution >= 0.6 is 0 Å². The summed E-state index contributed by atoms with van der Waals surface area (Å²) in [6.07, 6.45) is 0. The quantitative estimate of drug-likeness (QED) is 0.653. The summed E-state index contributed by atoms with van der Waals surface area (Å²) in [5, 5.41) is 2.78. The van der Waals surface area contributed by atoms with Gasteiger partial charge in [0.15, 0.2) is 0 Å². The highest BCUT2D eigenvalue weighted by Crippen LogP contribution is 2.30. The normalized spacial score (nSPS) is 21.3. The second-order valence-electron chi connectivity index (χ2n) is 8.65. The molecule has 1 N–H and O–H groups in total. The topological polar surface area (TPSA) is 82.2 Å². The van der Waals surface area contributed by atoms with Crippen LogP contribution in [0.1, 0.15) is 18.1 Å². The minimum Gasteiger partial charge on any atom is -0.492 e. The van der Waals surface area contributed by atoms with Gasteiger partial charge in [0.05, 0.1) is 0 Å². The van der Waals surface area contributed by atoms with Crippen molar-refractivity contribution in [2.24, 2.45) is 0 Å². The molecular weight excluding hydrogens is 420 g/mol. The van der Waals surface area contributed by atoms with E-state index in [-0.39, 0.29) is 12.5 Å². The van der Waals surface area contributed by atoms with Crippen LogP contribution in [0.4, 0.5) is 4.79 Å². The highest BCUT2D eigenvalue weighted by molar-refractivity contribution is 6.09. The summed E-state index contributed by atoms with van der Waals surface area (Å²) >= 11 is 0. The third-order valence-corrected chi connectivity index (χ3v) is 6.40. The van der Waals surface area contributed by atoms with E-state index in [0.717, 1.165) is 41.4 Å². The molecule has 0 saturated carbocycles. The van der Waals surface area contributed by atoms with Gasteiger partial charge < -0.3 is 15.0 Å². The molecule has 0 radical (unpaired) electrons. The van der Waals surface area contributed by atoms with E-state index in [9.17, 15) is 14.4 Å². The smallest absolute Gasteiger partial charge is 0.325 e. The first-order valence-electron chi connectivity index (χ1n) is 11.3. The lowest BCUT2D eigenvalue weighted by Crippen LogP contribution is -2.52. The summed E-state index contributed by atoms with van der Waals surface area (Å²) in [4.78, 5) is 43.6. The number of imide groups is 1. The number of urea groups is 1. The minimum atomic E-state index is -1.17. The second kappa shape index (κ2) is 9.62. The number of nitrogens with zero attached hydrogens (tertiary/aromatic N) is 3. The first-order valence-corrected chi connectivity index (χ1v) is 11.3. The molecule has 4 rings (SSSR count). The predicted octanol–water partition coefficient (Wildman–Crippen LogP) is 1.99. The summed E-state index contributed by atoms with van der Waals surface area (Å²) in [5.41, 5.74) is 0.485. The molecule has 2 fully saturated rings. The van der Waals surface area contributed by atoms with Crippen LogP contribution in [0.5, 0.6) is 5.75 Å². The number of nitrogens with one attached hydrogen (secondary N) is 1. The maximum Gasteiger partial charge on any atom is 0.325 e. The van der Waals surface area contributed by atoms with Gasteiger partial charge in [-0.25, -0.2) is 4.79 Å². The summed E-state index contributed by atoms with van der Waals surface area (Å²) in [6.45, 7) is 7.27. The van der Waals surface area contributed by atoms with Gasteiger partial charge in [0, 0.05) is 32.7 Å². The zero-order chi connectivity index (χ0) is 23.4. The summed E-state index contributed by atoms with van der Waals surface area (Å²) < 4.78 is 5.75. The van der Waals surface area contributed by atoms with Gasteiger partial charge >= 0.3 is 6.03 Å². The maximum atomic E-state index is 13.1. The number of para-hydroxylation sites is 1. The summed E-state index contributed by atoms with van der Waals surface area (Å²) in [5.74, 6) is 0.233. The Kier molecular flexibility index (Phi) is 6.65. The zero-order valence-electron chi connectivity index (χ0n) is 19.1. The van der Waals surface area contributed by atoms with Gasteiger partial charge in [-0.05, 0) is 37.1 Å². The number of ether oxygens (including phenoxy) is 1. The molecule has 0 aromatic heterocycles. The molecule has 1 unspecified atom stereocenters. The molecule has 2 aliphatic heterocycles. The van der Waals surface area contributed by atoms with Crippen LogP contribution in [0.2, 0.25) is 0 Å². The lowest BCUT2D eigenvalue weighted by atomic mass is 9.88. The summed E-state index contributed by atoms with van der Waals surface area (Å²) in [7, 11) is 0. The number of carbonyl (C=O) groups excluding carboxylic acids is 3. The van der Waals surface area contributed by atoms with Crippen molar-refractivity contribution >= 4 is 17.8 Å². The van der Waals surface area contributed by atoms with Gasteiger partial charge in [-0.1, -0.05) is 42.5 Å². The first-order chi connectivity index (χ1) is 15.9. The molecule has 1 atom stereocenters. The molecular formula is C25H30N4O4. The van der Waals surface area contributed by atoms with Crippen LogP contribution in [0.25, 0.3) is 0 Å². The van der Waals surface area contributed by atoms with Crippen LogP contribution in [-0.2, 0) is 15.1 Å². The van der Waals surface area contributed by atoms with E-state index in [0.29, 0.717) is 19.7 Å². The zero-order valence-corrected chi connectivity index (χ0v) is 19.1. The Balaban J connectivity index is 1.28. The van der Waals surface area contributed by atoms with Gasteiger partial charge in [0.25, 0.3) is 5.91 Å². The Labute approximate surface area is 194 Å². The first kappa shape index (κ1) is 22.8. The lowest BCUT2D eigenvalue weighted by molar-refractivity contribution is -0.139. The number of hydrogen-bond donors (Lipinski definition) is 1. The average molecular weight is 451 g/mol. The number of piperazine rings is 1. The van der Waals surface area contributed by atoms with Gasteiger partial charge in [-0.15, -0.1) is 0 Å². The van der Waals surface area contributed by atoms with Crippen molar-refractivity contribution in [1.82, 2.24) is 20.0 Å². The molecule has 8 heteroatoms. The molecule has 4 amide bonds. The number of aryl methyl sites for hydroxylation is 1. The van der Waals surface area contributed by atoms with Crippen LogP contribution in [0.3, 0.4) is 0 Å². The molecule has 2 heterocycles. The fourth-order valence-corrected chi connectivity index (χ4v) is 4.42.